The van der Waals surface area contributed by atoms with Crippen molar-refractivity contribution in [2.24, 2.45) is 0 Å². The van der Waals surface area contributed by atoms with E-state index in [4.69, 9.17) is 4.74 Å². The fourth-order valence-electron chi connectivity index (χ4n) is 2.82. The Hall–Kier alpha value is -3.45. The van der Waals surface area contributed by atoms with Crippen LogP contribution in [0.2, 0.25) is 0 Å². The molecule has 0 saturated carbocycles. The predicted octanol–water partition coefficient (Wildman–Crippen LogP) is 4.31. The molecule has 0 bridgehead atoms. The number of rotatable bonds is 8. The molecule has 3 aromatic rings. The molecule has 2 amide bonds. The molecule has 1 aromatic heterocycles. The summed E-state index contributed by atoms with van der Waals surface area (Å²) in [6.45, 7) is 1.51. The first-order valence-electron chi connectivity index (χ1n) is 9.43. The van der Waals surface area contributed by atoms with E-state index in [1.807, 2.05) is 47.8 Å². The van der Waals surface area contributed by atoms with Crippen molar-refractivity contribution in [3.63, 3.8) is 0 Å². The quantitative estimate of drug-likeness (QED) is 0.530. The molecule has 0 radical (unpaired) electrons. The van der Waals surface area contributed by atoms with Gasteiger partial charge in [0, 0.05) is 23.1 Å². The van der Waals surface area contributed by atoms with Gasteiger partial charge in [-0.15, -0.1) is 11.3 Å². The minimum absolute atomic E-state index is 0.0532. The molecule has 0 aliphatic heterocycles. The molecule has 0 spiro atoms. The highest BCUT2D eigenvalue weighted by Gasteiger charge is 2.19. The molecule has 1 heterocycles. The smallest absolute Gasteiger partial charge is 0.308 e. The summed E-state index contributed by atoms with van der Waals surface area (Å²) in [6, 6.07) is 19.4. The fraction of sp³-hybridized carbons (Fsp3) is 0.174. The highest BCUT2D eigenvalue weighted by molar-refractivity contribution is 7.10. The second-order valence-electron chi connectivity index (χ2n) is 6.65. The Morgan fingerprint density at radius 1 is 0.967 bits per heavy atom. The molecule has 154 valence electrons. The van der Waals surface area contributed by atoms with Crippen LogP contribution in [-0.4, -0.2) is 17.8 Å². The minimum Gasteiger partial charge on any atom is -0.461 e. The van der Waals surface area contributed by atoms with Crippen molar-refractivity contribution in [1.82, 2.24) is 5.32 Å². The van der Waals surface area contributed by atoms with Gasteiger partial charge in [-0.25, -0.2) is 0 Å². The molecule has 3 rings (SSSR count). The van der Waals surface area contributed by atoms with Gasteiger partial charge in [0.15, 0.2) is 0 Å². The molecule has 0 aliphatic rings. The van der Waals surface area contributed by atoms with Crippen molar-refractivity contribution < 1.29 is 19.1 Å². The lowest BCUT2D eigenvalue weighted by Crippen LogP contribution is -2.28. The van der Waals surface area contributed by atoms with Gasteiger partial charge < -0.3 is 15.4 Å². The van der Waals surface area contributed by atoms with Gasteiger partial charge in [-0.1, -0.05) is 36.4 Å². The molecule has 1 unspecified atom stereocenters. The SMILES string of the molecule is CC(=O)NC(CC(=O)OCc1ccc(C(=O)Nc2ccccc2)cc1)c1cccs1. The molecule has 0 fully saturated rings. The number of anilines is 1. The molecule has 30 heavy (non-hydrogen) atoms. The molecule has 0 saturated heterocycles. The van der Waals surface area contributed by atoms with Crippen LogP contribution >= 0.6 is 11.3 Å². The first-order valence-corrected chi connectivity index (χ1v) is 10.3. The number of amides is 2. The molecular formula is C23H22N2O4S. The molecule has 1 atom stereocenters. The molecule has 7 heteroatoms. The maximum Gasteiger partial charge on any atom is 0.308 e. The van der Waals surface area contributed by atoms with Gasteiger partial charge in [0.25, 0.3) is 5.91 Å². The van der Waals surface area contributed by atoms with Crippen molar-refractivity contribution in [3.05, 3.63) is 88.1 Å². The lowest BCUT2D eigenvalue weighted by atomic mass is 10.1. The van der Waals surface area contributed by atoms with Gasteiger partial charge in [-0.3, -0.25) is 14.4 Å². The lowest BCUT2D eigenvalue weighted by Gasteiger charge is -2.15. The number of carbonyl (C=O) groups is 3. The first kappa shape index (κ1) is 21.3. The Morgan fingerprint density at radius 2 is 1.70 bits per heavy atom. The van der Waals surface area contributed by atoms with Crippen molar-refractivity contribution in [3.8, 4) is 0 Å². The van der Waals surface area contributed by atoms with Crippen LogP contribution < -0.4 is 10.6 Å². The average Bonchev–Trinajstić information content (AvgIpc) is 3.27. The van der Waals surface area contributed by atoms with E-state index in [1.165, 1.54) is 18.3 Å². The van der Waals surface area contributed by atoms with Gasteiger partial charge in [0.2, 0.25) is 5.91 Å². The first-order chi connectivity index (χ1) is 14.5. The number of nitrogens with one attached hydrogen (secondary N) is 2. The largest absolute Gasteiger partial charge is 0.461 e. The number of carbonyl (C=O) groups excluding carboxylic acids is 3. The topological polar surface area (TPSA) is 84.5 Å². The molecule has 2 aromatic carbocycles. The highest BCUT2D eigenvalue weighted by Crippen LogP contribution is 2.22. The highest BCUT2D eigenvalue weighted by atomic mass is 32.1. The van der Waals surface area contributed by atoms with Gasteiger partial charge >= 0.3 is 5.97 Å². The Balaban J connectivity index is 1.52. The number of benzene rings is 2. The fourth-order valence-corrected chi connectivity index (χ4v) is 3.60. The average molecular weight is 423 g/mol. The van der Waals surface area contributed by atoms with Crippen LogP contribution in [0.4, 0.5) is 5.69 Å². The number of hydrogen-bond donors (Lipinski definition) is 2. The second-order valence-corrected chi connectivity index (χ2v) is 7.63. The third kappa shape index (κ3) is 6.28. The van der Waals surface area contributed by atoms with Gasteiger partial charge in [0.05, 0.1) is 12.5 Å². The Bertz CT molecular complexity index is 986. The van der Waals surface area contributed by atoms with Crippen LogP contribution in [0.15, 0.2) is 72.1 Å². The zero-order valence-corrected chi connectivity index (χ0v) is 17.3. The molecule has 0 aliphatic carbocycles. The van der Waals surface area contributed by atoms with Gasteiger partial charge in [0.1, 0.15) is 6.61 Å². The van der Waals surface area contributed by atoms with Crippen LogP contribution in [0, 0.1) is 0 Å². The van der Waals surface area contributed by atoms with Crippen molar-refractivity contribution in [2.75, 3.05) is 5.32 Å². The predicted molar refractivity (Wildman–Crippen MR) is 116 cm³/mol. The minimum atomic E-state index is -0.409. The monoisotopic (exact) mass is 422 g/mol. The third-order valence-electron chi connectivity index (χ3n) is 4.28. The van der Waals surface area contributed by atoms with Crippen LogP contribution in [-0.2, 0) is 20.9 Å². The number of thiophene rings is 1. The summed E-state index contributed by atoms with van der Waals surface area (Å²) in [5, 5.41) is 7.49. The Morgan fingerprint density at radius 3 is 2.33 bits per heavy atom. The van der Waals surface area contributed by atoms with Crippen molar-refractivity contribution >= 4 is 34.8 Å². The van der Waals surface area contributed by atoms with Crippen molar-refractivity contribution in [2.45, 2.75) is 26.0 Å². The summed E-state index contributed by atoms with van der Waals surface area (Å²) in [7, 11) is 0. The second kappa shape index (κ2) is 10.4. The summed E-state index contributed by atoms with van der Waals surface area (Å²) in [4.78, 5) is 36.9. The Kier molecular flexibility index (Phi) is 7.34. The van der Waals surface area contributed by atoms with Crippen LogP contribution in [0.3, 0.4) is 0 Å². The normalized spacial score (nSPS) is 11.4. The number of ether oxygens (including phenoxy) is 1. The molecule has 6 nitrogen and oxygen atoms in total. The summed E-state index contributed by atoms with van der Waals surface area (Å²) in [5.74, 6) is -0.822. The van der Waals surface area contributed by atoms with E-state index in [0.717, 1.165) is 16.1 Å². The maximum absolute atomic E-state index is 12.3. The lowest BCUT2D eigenvalue weighted by molar-refractivity contribution is -0.145. The van der Waals surface area contributed by atoms with E-state index in [0.29, 0.717) is 5.56 Å². The number of esters is 1. The zero-order chi connectivity index (χ0) is 21.3. The van der Waals surface area contributed by atoms with E-state index in [1.54, 1.807) is 24.3 Å². The van der Waals surface area contributed by atoms with Gasteiger partial charge in [-0.2, -0.15) is 0 Å². The molecule has 2 N–H and O–H groups in total. The Labute approximate surface area is 178 Å². The van der Waals surface area contributed by atoms with E-state index in [2.05, 4.69) is 10.6 Å². The summed E-state index contributed by atoms with van der Waals surface area (Å²) < 4.78 is 5.35. The van der Waals surface area contributed by atoms with Crippen LogP contribution in [0.25, 0.3) is 0 Å². The summed E-state index contributed by atoms with van der Waals surface area (Å²) >= 11 is 1.47. The van der Waals surface area contributed by atoms with Gasteiger partial charge in [-0.05, 0) is 41.3 Å². The summed E-state index contributed by atoms with van der Waals surface area (Å²) in [5.41, 5.74) is 2.00. The zero-order valence-electron chi connectivity index (χ0n) is 16.5. The van der Waals surface area contributed by atoms with E-state index in [9.17, 15) is 14.4 Å². The van der Waals surface area contributed by atoms with Crippen molar-refractivity contribution in [1.29, 1.82) is 0 Å². The van der Waals surface area contributed by atoms with E-state index >= 15 is 0 Å². The standard InChI is InChI=1S/C23H22N2O4S/c1-16(26)24-20(21-8-5-13-30-21)14-22(27)29-15-17-9-11-18(12-10-17)23(28)25-19-6-3-2-4-7-19/h2-13,20H,14-15H2,1H3,(H,24,26)(H,25,28). The van der Waals surface area contributed by atoms with Crippen LogP contribution in [0.1, 0.15) is 40.2 Å². The number of para-hydroxylation sites is 1. The summed E-state index contributed by atoms with van der Waals surface area (Å²) in [6.07, 6.45) is 0.0532. The molecular weight excluding hydrogens is 400 g/mol. The third-order valence-corrected chi connectivity index (χ3v) is 5.27. The van der Waals surface area contributed by atoms with Crippen LogP contribution in [0.5, 0.6) is 0 Å². The van der Waals surface area contributed by atoms with E-state index < -0.39 is 12.0 Å². The maximum atomic E-state index is 12.3. The number of hydrogen-bond acceptors (Lipinski definition) is 5. The van der Waals surface area contributed by atoms with E-state index in [-0.39, 0.29) is 24.8 Å².